The third kappa shape index (κ3) is 4.55. The van der Waals surface area contributed by atoms with Crippen molar-refractivity contribution in [3.05, 3.63) is 60.3 Å². The number of para-hydroxylation sites is 2. The van der Waals surface area contributed by atoms with Crippen molar-refractivity contribution in [2.75, 3.05) is 0 Å². The normalized spacial score (nSPS) is 11.1. The third-order valence-corrected chi connectivity index (χ3v) is 4.77. The van der Waals surface area contributed by atoms with E-state index in [1.165, 1.54) is 41.2 Å². The van der Waals surface area contributed by atoms with Gasteiger partial charge in [0.25, 0.3) is 0 Å². The van der Waals surface area contributed by atoms with Gasteiger partial charge in [-0.2, -0.15) is 0 Å². The van der Waals surface area contributed by atoms with Gasteiger partial charge >= 0.3 is 0 Å². The molecule has 2 nitrogen and oxygen atoms in total. The minimum atomic E-state index is 0.0613. The Kier molecular flexibility index (Phi) is 7.62. The summed E-state index contributed by atoms with van der Waals surface area (Å²) in [7, 11) is 0. The van der Waals surface area contributed by atoms with Crippen LogP contribution in [0, 0.1) is 0 Å². The predicted octanol–water partition coefficient (Wildman–Crippen LogP) is 8.16. The van der Waals surface area contributed by atoms with Gasteiger partial charge in [0, 0.05) is 16.5 Å². The molecule has 2 aromatic heterocycles. The molecule has 2 aromatic carbocycles. The van der Waals surface area contributed by atoms with E-state index in [4.69, 9.17) is 4.98 Å². The van der Waals surface area contributed by atoms with Gasteiger partial charge in [-0.05, 0) is 23.6 Å². The Morgan fingerprint density at radius 3 is 2.07 bits per heavy atom. The molecule has 2 heterocycles. The number of nitrogens with zero attached hydrogens (tertiary/aromatic N) is 2. The first-order valence-corrected chi connectivity index (χ1v) is 10.8. The van der Waals surface area contributed by atoms with Crippen molar-refractivity contribution in [2.45, 2.75) is 73.1 Å². The maximum Gasteiger partial charge on any atom is 0.146 e. The van der Waals surface area contributed by atoms with Crippen LogP contribution in [0.1, 0.15) is 73.4 Å². The highest BCUT2D eigenvalue weighted by atomic mass is 15.0. The van der Waals surface area contributed by atoms with E-state index in [0.29, 0.717) is 0 Å². The van der Waals surface area contributed by atoms with Crippen LogP contribution in [0.2, 0.25) is 0 Å². The van der Waals surface area contributed by atoms with Crippen molar-refractivity contribution in [1.29, 1.82) is 0 Å². The smallest absolute Gasteiger partial charge is 0.146 e. The fourth-order valence-electron chi connectivity index (χ4n) is 3.39. The Hall–Kier alpha value is -2.35. The number of hydrogen-bond acceptors (Lipinski definition) is 1. The summed E-state index contributed by atoms with van der Waals surface area (Å²) in [5.41, 5.74) is 4.65. The Labute approximate surface area is 170 Å². The molecule has 0 amide bonds. The van der Waals surface area contributed by atoms with Crippen molar-refractivity contribution >= 4 is 27.5 Å². The van der Waals surface area contributed by atoms with Crippen LogP contribution in [0.25, 0.3) is 27.5 Å². The van der Waals surface area contributed by atoms with Crippen LogP contribution < -0.4 is 0 Å². The summed E-state index contributed by atoms with van der Waals surface area (Å²) < 4.78 is 2.32. The summed E-state index contributed by atoms with van der Waals surface area (Å²) >= 11 is 0. The Balaban J connectivity index is 0.000000352. The van der Waals surface area contributed by atoms with E-state index in [0.717, 1.165) is 11.2 Å². The number of fused-ring (bicyclic) bond motifs is 5. The van der Waals surface area contributed by atoms with Gasteiger partial charge in [-0.3, -0.25) is 4.40 Å². The monoisotopic (exact) mass is 376 g/mol. The molecule has 0 aliphatic rings. The number of rotatable bonds is 2. The zero-order valence-electron chi connectivity index (χ0n) is 18.7. The second-order valence-electron chi connectivity index (χ2n) is 7.98. The average molecular weight is 377 g/mol. The van der Waals surface area contributed by atoms with Gasteiger partial charge in [0.2, 0.25) is 0 Å². The van der Waals surface area contributed by atoms with E-state index in [1.807, 2.05) is 19.9 Å². The highest BCUT2D eigenvalue weighted by molar-refractivity contribution is 5.98. The molecule has 4 rings (SSSR count). The Morgan fingerprint density at radius 1 is 0.857 bits per heavy atom. The van der Waals surface area contributed by atoms with E-state index in [9.17, 15) is 0 Å². The van der Waals surface area contributed by atoms with Crippen molar-refractivity contribution < 1.29 is 0 Å². The van der Waals surface area contributed by atoms with E-state index < -0.39 is 0 Å². The third-order valence-electron chi connectivity index (χ3n) is 4.77. The molecule has 0 atom stereocenters. The van der Waals surface area contributed by atoms with Gasteiger partial charge < -0.3 is 0 Å². The molecule has 0 aliphatic carbocycles. The molecule has 28 heavy (non-hydrogen) atoms. The molecule has 150 valence electrons. The van der Waals surface area contributed by atoms with E-state index in [2.05, 4.69) is 87.6 Å². The summed E-state index contributed by atoms with van der Waals surface area (Å²) in [6.07, 6.45) is 4.08. The summed E-state index contributed by atoms with van der Waals surface area (Å²) in [6, 6.07) is 19.2. The molecule has 4 aromatic rings. The maximum absolute atomic E-state index is 4.88. The highest BCUT2D eigenvalue weighted by Gasteiger charge is 2.21. The molecule has 0 saturated heterocycles. The summed E-state index contributed by atoms with van der Waals surface area (Å²) in [5, 5.41) is 2.46. The molecule has 0 bridgehead atoms. The van der Waals surface area contributed by atoms with Crippen molar-refractivity contribution in [2.24, 2.45) is 0 Å². The lowest BCUT2D eigenvalue weighted by Crippen LogP contribution is -2.16. The van der Waals surface area contributed by atoms with Crippen molar-refractivity contribution in [1.82, 2.24) is 9.38 Å². The second kappa shape index (κ2) is 9.73. The van der Waals surface area contributed by atoms with E-state index >= 15 is 0 Å². The average Bonchev–Trinajstić information content (AvgIpc) is 3.09. The number of hydrogen-bond donors (Lipinski definition) is 0. The van der Waals surface area contributed by atoms with Gasteiger partial charge in [-0.15, -0.1) is 0 Å². The maximum atomic E-state index is 4.88. The quantitative estimate of drug-likeness (QED) is 0.345. The first-order valence-electron chi connectivity index (χ1n) is 10.8. The minimum absolute atomic E-state index is 0.0613. The van der Waals surface area contributed by atoms with Crippen LogP contribution in [0.3, 0.4) is 0 Å². The zero-order valence-corrected chi connectivity index (χ0v) is 18.7. The number of benzene rings is 2. The topological polar surface area (TPSA) is 17.3 Å². The standard InChI is InChI=1S/C19H18N2.C5H12.C2H6/c1-19(2,3)17-12-13-8-4-5-9-14(13)18-20-15-10-6-7-11-16(15)21(17)18;1-3-5-4-2;1-2/h4-12H,1-3H3;3-5H2,1-2H3;1-2H3. The molecule has 2 heteroatoms. The fraction of sp³-hybridized carbons (Fsp3) is 0.423. The SMILES string of the molecule is CC.CC(C)(C)c1cc2ccccc2c2nc3ccccc3n12.CCCCC. The lowest BCUT2D eigenvalue weighted by molar-refractivity contribution is 0.564. The second-order valence-corrected chi connectivity index (χ2v) is 7.98. The van der Waals surface area contributed by atoms with Crippen molar-refractivity contribution in [3.8, 4) is 0 Å². The fourth-order valence-corrected chi connectivity index (χ4v) is 3.39. The lowest BCUT2D eigenvalue weighted by Gasteiger charge is -2.22. The minimum Gasteiger partial charge on any atom is -0.296 e. The van der Waals surface area contributed by atoms with Gasteiger partial charge in [0.1, 0.15) is 5.65 Å². The summed E-state index contributed by atoms with van der Waals surface area (Å²) in [4.78, 5) is 4.88. The van der Waals surface area contributed by atoms with Crippen LogP contribution in [0.15, 0.2) is 54.6 Å². The molecule has 0 N–H and O–H groups in total. The first-order chi connectivity index (χ1) is 13.5. The highest BCUT2D eigenvalue weighted by Crippen LogP contribution is 2.32. The number of unbranched alkanes of at least 4 members (excludes halogenated alkanes) is 2. The molecular weight excluding hydrogens is 340 g/mol. The van der Waals surface area contributed by atoms with Crippen molar-refractivity contribution in [3.63, 3.8) is 0 Å². The van der Waals surface area contributed by atoms with Gasteiger partial charge in [0.05, 0.1) is 11.0 Å². The number of pyridine rings is 1. The Bertz CT molecular complexity index is 1020. The van der Waals surface area contributed by atoms with Crippen LogP contribution in [-0.4, -0.2) is 9.38 Å². The molecule has 0 saturated carbocycles. The molecular formula is C26H36N2. The van der Waals surface area contributed by atoms with Gasteiger partial charge in [-0.25, -0.2) is 4.98 Å². The van der Waals surface area contributed by atoms with Crippen LogP contribution >= 0.6 is 0 Å². The molecule has 0 fully saturated rings. The van der Waals surface area contributed by atoms with Gasteiger partial charge in [-0.1, -0.05) is 104 Å². The predicted molar refractivity (Wildman–Crippen MR) is 125 cm³/mol. The van der Waals surface area contributed by atoms with Crippen LogP contribution in [0.4, 0.5) is 0 Å². The first kappa shape index (κ1) is 21.9. The molecule has 0 spiro atoms. The Morgan fingerprint density at radius 2 is 1.46 bits per heavy atom. The largest absolute Gasteiger partial charge is 0.296 e. The van der Waals surface area contributed by atoms with Crippen LogP contribution in [0.5, 0.6) is 0 Å². The lowest BCUT2D eigenvalue weighted by atomic mass is 9.90. The van der Waals surface area contributed by atoms with Crippen LogP contribution in [-0.2, 0) is 5.41 Å². The number of imidazole rings is 1. The molecule has 0 unspecified atom stereocenters. The molecule has 0 radical (unpaired) electrons. The summed E-state index contributed by atoms with van der Waals surface area (Å²) in [6.45, 7) is 15.2. The van der Waals surface area contributed by atoms with E-state index in [1.54, 1.807) is 0 Å². The number of aromatic nitrogens is 2. The van der Waals surface area contributed by atoms with E-state index in [-0.39, 0.29) is 5.41 Å². The summed E-state index contributed by atoms with van der Waals surface area (Å²) in [5.74, 6) is 0. The zero-order chi connectivity index (χ0) is 20.7. The van der Waals surface area contributed by atoms with Gasteiger partial charge in [0.15, 0.2) is 0 Å². The molecule has 0 aliphatic heterocycles.